The van der Waals surface area contributed by atoms with E-state index in [1.165, 1.54) is 11.8 Å². The first-order chi connectivity index (χ1) is 18.0. The summed E-state index contributed by atoms with van der Waals surface area (Å²) in [6, 6.07) is 11.3. The van der Waals surface area contributed by atoms with Gasteiger partial charge in [-0.1, -0.05) is 30.3 Å². The molecule has 2 aromatic carbocycles. The van der Waals surface area contributed by atoms with Crippen molar-refractivity contribution in [1.29, 1.82) is 0 Å². The average Bonchev–Trinajstić information content (AvgIpc) is 3.36. The van der Waals surface area contributed by atoms with Gasteiger partial charge in [0.25, 0.3) is 0 Å². The fraction of sp³-hybridized carbons (Fsp3) is 0.320. The van der Waals surface area contributed by atoms with Crippen LogP contribution < -0.4 is 5.32 Å². The van der Waals surface area contributed by atoms with E-state index in [0.717, 1.165) is 49.8 Å². The normalized spacial score (nSPS) is 15.7. The van der Waals surface area contributed by atoms with Crippen LogP contribution in [0, 0.1) is 0 Å². The van der Waals surface area contributed by atoms with Gasteiger partial charge >= 0.3 is 12.4 Å². The molecule has 0 saturated carbocycles. The molecule has 0 aliphatic carbocycles. The number of benzene rings is 2. The lowest BCUT2D eigenvalue weighted by Crippen LogP contribution is -2.49. The quantitative estimate of drug-likeness (QED) is 0.358. The van der Waals surface area contributed by atoms with Crippen molar-refractivity contribution in [2.24, 2.45) is 0 Å². The van der Waals surface area contributed by atoms with Gasteiger partial charge in [0.1, 0.15) is 6.33 Å². The van der Waals surface area contributed by atoms with E-state index in [1.54, 1.807) is 0 Å². The lowest BCUT2D eigenvalue weighted by molar-refractivity contribution is -0.143. The number of halogens is 6. The third kappa shape index (κ3) is 7.42. The maximum Gasteiger partial charge on any atom is 0.416 e. The van der Waals surface area contributed by atoms with Crippen molar-refractivity contribution in [1.82, 2.24) is 29.9 Å². The van der Waals surface area contributed by atoms with Gasteiger partial charge in [0.15, 0.2) is 5.82 Å². The summed E-state index contributed by atoms with van der Waals surface area (Å²) in [5, 5.41) is 6.62. The molecule has 0 radical (unpaired) electrons. The summed E-state index contributed by atoms with van der Waals surface area (Å²) in [7, 11) is 0. The molecule has 1 aliphatic rings. The van der Waals surface area contributed by atoms with Crippen LogP contribution >= 0.6 is 0 Å². The maximum atomic E-state index is 13.1. The summed E-state index contributed by atoms with van der Waals surface area (Å²) < 4.78 is 79.7. The van der Waals surface area contributed by atoms with Crippen molar-refractivity contribution in [2.75, 3.05) is 32.8 Å². The van der Waals surface area contributed by atoms with Gasteiger partial charge in [0, 0.05) is 50.6 Å². The number of amides is 1. The predicted octanol–water partition coefficient (Wildman–Crippen LogP) is 4.34. The Bertz CT molecular complexity index is 1230. The summed E-state index contributed by atoms with van der Waals surface area (Å²) in [5.74, 6) is -0.785. The number of nitrogens with one attached hydrogen (secondary N) is 1. The Morgan fingerprint density at radius 2 is 1.50 bits per heavy atom. The van der Waals surface area contributed by atoms with Crippen molar-refractivity contribution in [3.8, 4) is 11.4 Å². The highest BCUT2D eigenvalue weighted by Crippen LogP contribution is 2.38. The largest absolute Gasteiger partial charge is 0.416 e. The van der Waals surface area contributed by atoms with E-state index >= 15 is 0 Å². The van der Waals surface area contributed by atoms with Gasteiger partial charge < -0.3 is 5.32 Å². The van der Waals surface area contributed by atoms with Crippen molar-refractivity contribution < 1.29 is 31.1 Å². The molecule has 0 bridgehead atoms. The summed E-state index contributed by atoms with van der Waals surface area (Å²) in [5.41, 5.74) is -2.14. The van der Waals surface area contributed by atoms with Crippen LogP contribution in [0.5, 0.6) is 0 Å². The number of nitrogens with zero attached hydrogens (tertiary/aromatic N) is 5. The van der Waals surface area contributed by atoms with Gasteiger partial charge in [0.2, 0.25) is 5.91 Å². The summed E-state index contributed by atoms with van der Waals surface area (Å²) in [4.78, 5) is 20.4. The number of alkyl halides is 6. The molecule has 13 heteroatoms. The molecule has 1 saturated heterocycles. The topological polar surface area (TPSA) is 66.3 Å². The van der Waals surface area contributed by atoms with Crippen molar-refractivity contribution in [3.63, 3.8) is 0 Å². The van der Waals surface area contributed by atoms with E-state index in [9.17, 15) is 31.1 Å². The van der Waals surface area contributed by atoms with Crippen molar-refractivity contribution in [2.45, 2.75) is 18.9 Å². The highest BCUT2D eigenvalue weighted by atomic mass is 19.4. The van der Waals surface area contributed by atoms with E-state index in [2.05, 4.69) is 37.3 Å². The molecule has 1 aliphatic heterocycles. The number of aromatic nitrogens is 3. The summed E-state index contributed by atoms with van der Waals surface area (Å²) in [6.45, 7) is 4.46. The number of carbonyl (C=O) groups excluding carboxylic acids is 1. The van der Waals surface area contributed by atoms with E-state index in [-0.39, 0.29) is 11.9 Å². The molecule has 38 heavy (non-hydrogen) atoms. The lowest BCUT2D eigenvalue weighted by atomic mass is 10.0. The number of hydrogen-bond donors (Lipinski definition) is 1. The Labute approximate surface area is 214 Å². The molecule has 2 heterocycles. The second-order valence-corrected chi connectivity index (χ2v) is 8.74. The number of hydrogen-bond acceptors (Lipinski definition) is 5. The molecule has 4 rings (SSSR count). The summed E-state index contributed by atoms with van der Waals surface area (Å²) in [6.07, 6.45) is -6.52. The van der Waals surface area contributed by atoms with Gasteiger partial charge in [-0.05, 0) is 23.8 Å². The van der Waals surface area contributed by atoms with Crippen molar-refractivity contribution in [3.05, 3.63) is 77.6 Å². The van der Waals surface area contributed by atoms with Crippen LogP contribution in [0.2, 0.25) is 0 Å². The standard InChI is InChI=1S/C25H24F6N6O/c26-24(27,28)20-12-19(13-21(14-20)25(29,30)31)23-33-17-37(34-23)7-6-22(38)32-16-36-10-8-35(9-11-36)15-18-4-2-1-3-5-18/h1-7,12-14,17H,8-11,15-16H2,(H,32,38)/b7-6-. The lowest BCUT2D eigenvalue weighted by Gasteiger charge is -2.34. The van der Waals surface area contributed by atoms with Crippen LogP contribution in [-0.4, -0.2) is 63.3 Å². The van der Waals surface area contributed by atoms with E-state index in [1.807, 2.05) is 18.2 Å². The number of rotatable bonds is 7. The Balaban J connectivity index is 1.30. The molecule has 1 fully saturated rings. The van der Waals surface area contributed by atoms with Gasteiger partial charge in [0.05, 0.1) is 17.8 Å². The molecular formula is C25H24F6N6O. The Hall–Kier alpha value is -3.71. The molecule has 0 atom stereocenters. The minimum absolute atomic E-state index is 0.0356. The highest BCUT2D eigenvalue weighted by Gasteiger charge is 2.37. The number of piperazine rings is 1. The molecule has 1 aromatic heterocycles. The smallest absolute Gasteiger partial charge is 0.340 e. The van der Waals surface area contributed by atoms with Crippen LogP contribution in [0.25, 0.3) is 17.6 Å². The first-order valence-corrected chi connectivity index (χ1v) is 11.6. The first kappa shape index (κ1) is 27.3. The molecular weight excluding hydrogens is 514 g/mol. The Morgan fingerprint density at radius 3 is 2.11 bits per heavy atom. The van der Waals surface area contributed by atoms with Crippen LogP contribution in [0.1, 0.15) is 16.7 Å². The van der Waals surface area contributed by atoms with E-state index < -0.39 is 35.0 Å². The Morgan fingerprint density at radius 1 is 0.895 bits per heavy atom. The predicted molar refractivity (Wildman–Crippen MR) is 127 cm³/mol. The Kier molecular flexibility index (Phi) is 8.17. The second-order valence-electron chi connectivity index (χ2n) is 8.74. The average molecular weight is 538 g/mol. The third-order valence-electron chi connectivity index (χ3n) is 5.92. The monoisotopic (exact) mass is 538 g/mol. The van der Waals surface area contributed by atoms with Crippen LogP contribution in [-0.2, 0) is 23.7 Å². The molecule has 1 N–H and O–H groups in total. The van der Waals surface area contributed by atoms with Gasteiger partial charge in [-0.3, -0.25) is 14.6 Å². The fourth-order valence-corrected chi connectivity index (χ4v) is 3.90. The minimum atomic E-state index is -4.98. The first-order valence-electron chi connectivity index (χ1n) is 11.6. The SMILES string of the molecule is O=C(/C=C\n1cnc(-c2cc(C(F)(F)F)cc(C(F)(F)F)c2)n1)NCN1CCN(Cc2ccccc2)CC1. The summed E-state index contributed by atoms with van der Waals surface area (Å²) >= 11 is 0. The zero-order valence-electron chi connectivity index (χ0n) is 20.0. The zero-order chi connectivity index (χ0) is 27.3. The molecule has 3 aromatic rings. The van der Waals surface area contributed by atoms with Crippen LogP contribution in [0.3, 0.4) is 0 Å². The fourth-order valence-electron chi connectivity index (χ4n) is 3.90. The molecule has 202 valence electrons. The highest BCUT2D eigenvalue weighted by molar-refractivity contribution is 5.89. The molecule has 0 unspecified atom stereocenters. The number of carbonyl (C=O) groups is 1. The zero-order valence-corrected chi connectivity index (χ0v) is 20.0. The molecule has 0 spiro atoms. The van der Waals surface area contributed by atoms with Gasteiger partial charge in [-0.15, -0.1) is 5.10 Å². The minimum Gasteiger partial charge on any atom is -0.340 e. The van der Waals surface area contributed by atoms with Gasteiger partial charge in [-0.2, -0.15) is 26.3 Å². The van der Waals surface area contributed by atoms with Crippen LogP contribution in [0.15, 0.2) is 60.9 Å². The third-order valence-corrected chi connectivity index (χ3v) is 5.92. The second kappa shape index (κ2) is 11.4. The molecule has 1 amide bonds. The van der Waals surface area contributed by atoms with Crippen molar-refractivity contribution >= 4 is 12.1 Å². The van der Waals surface area contributed by atoms with Crippen LogP contribution in [0.4, 0.5) is 26.3 Å². The molecule has 7 nitrogen and oxygen atoms in total. The maximum absolute atomic E-state index is 13.1. The van der Waals surface area contributed by atoms with E-state index in [4.69, 9.17) is 0 Å². The van der Waals surface area contributed by atoms with E-state index in [0.29, 0.717) is 18.8 Å². The van der Waals surface area contributed by atoms with Gasteiger partial charge in [-0.25, -0.2) is 9.67 Å².